The maximum absolute atomic E-state index is 13.9. The van der Waals surface area contributed by atoms with E-state index in [1.807, 2.05) is 0 Å². The molecule has 3 rings (SSSR count). The van der Waals surface area contributed by atoms with Crippen LogP contribution in [0.15, 0.2) is 47.3 Å². The van der Waals surface area contributed by atoms with Crippen LogP contribution in [0.3, 0.4) is 0 Å². The second-order valence-corrected chi connectivity index (χ2v) is 5.91. The van der Waals surface area contributed by atoms with E-state index in [9.17, 15) is 14.0 Å². The Morgan fingerprint density at radius 1 is 1.23 bits per heavy atom. The molecule has 6 nitrogen and oxygen atoms in total. The molecule has 1 N–H and O–H groups in total. The molecule has 0 radical (unpaired) electrons. The van der Waals surface area contributed by atoms with Crippen molar-refractivity contribution in [3.8, 4) is 5.75 Å². The first-order valence-electron chi connectivity index (χ1n) is 8.02. The Kier molecular flexibility index (Phi) is 4.71. The Labute approximate surface area is 149 Å². The van der Waals surface area contributed by atoms with Crippen LogP contribution < -0.4 is 15.6 Å². The summed E-state index contributed by atoms with van der Waals surface area (Å²) in [5, 5.41) is 7.77. The minimum absolute atomic E-state index is 0.137. The predicted molar refractivity (Wildman–Crippen MR) is 95.8 cm³/mol. The van der Waals surface area contributed by atoms with Crippen LogP contribution in [0.25, 0.3) is 10.8 Å². The van der Waals surface area contributed by atoms with E-state index in [4.69, 9.17) is 4.74 Å². The number of nitrogens with one attached hydrogen (secondary N) is 1. The normalized spacial score (nSPS) is 12.0. The number of nitrogens with zero attached hydrogens (tertiary/aromatic N) is 2. The molecule has 0 spiro atoms. The summed E-state index contributed by atoms with van der Waals surface area (Å²) in [6.45, 7) is 1.74. The summed E-state index contributed by atoms with van der Waals surface area (Å²) in [4.78, 5) is 24.9. The van der Waals surface area contributed by atoms with E-state index < -0.39 is 17.8 Å². The Bertz CT molecular complexity index is 1050. The second kappa shape index (κ2) is 6.95. The highest BCUT2D eigenvalue weighted by atomic mass is 19.1. The number of methoxy groups -OCH3 is 1. The number of hydrogen-bond acceptors (Lipinski definition) is 4. The molecule has 1 atom stereocenters. The largest absolute Gasteiger partial charge is 0.494 e. The Balaban J connectivity index is 1.93. The number of carbonyl (C=O) groups excluding carboxylic acids is 1. The standard InChI is InChI=1S/C19H18FN3O3/c1-11(12-8-9-16(26-3)15(20)10-12)21-18(24)17-13-6-4-5-7-14(13)19(25)23(2)22-17/h4-11H,1-3H3,(H,21,24)/t11-/m1/s1. The number of amides is 1. The molecule has 7 heteroatoms. The Morgan fingerprint density at radius 2 is 1.92 bits per heavy atom. The molecule has 134 valence electrons. The summed E-state index contributed by atoms with van der Waals surface area (Å²) in [5.74, 6) is -0.810. The summed E-state index contributed by atoms with van der Waals surface area (Å²) < 4.78 is 19.9. The summed E-state index contributed by atoms with van der Waals surface area (Å²) in [5.41, 5.74) is 0.455. The molecule has 1 aromatic heterocycles. The van der Waals surface area contributed by atoms with Gasteiger partial charge >= 0.3 is 0 Å². The number of aryl methyl sites for hydroxylation is 1. The first-order valence-corrected chi connectivity index (χ1v) is 8.02. The van der Waals surface area contributed by atoms with Gasteiger partial charge in [0.2, 0.25) is 0 Å². The van der Waals surface area contributed by atoms with Gasteiger partial charge in [-0.15, -0.1) is 0 Å². The maximum atomic E-state index is 13.9. The fourth-order valence-electron chi connectivity index (χ4n) is 2.77. The van der Waals surface area contributed by atoms with Crippen LogP contribution in [0, 0.1) is 5.82 Å². The number of aromatic nitrogens is 2. The molecule has 0 aliphatic heterocycles. The SMILES string of the molecule is COc1ccc([C@@H](C)NC(=O)c2nn(C)c(=O)c3ccccc23)cc1F. The number of benzene rings is 2. The van der Waals surface area contributed by atoms with Crippen molar-refractivity contribution in [1.82, 2.24) is 15.1 Å². The van der Waals surface area contributed by atoms with Crippen LogP contribution in [0.4, 0.5) is 4.39 Å². The van der Waals surface area contributed by atoms with Gasteiger partial charge in [-0.2, -0.15) is 5.10 Å². The Hall–Kier alpha value is -3.22. The fraction of sp³-hybridized carbons (Fsp3) is 0.211. The molecule has 3 aromatic rings. The van der Waals surface area contributed by atoms with Gasteiger partial charge in [-0.3, -0.25) is 9.59 Å². The first-order chi connectivity index (χ1) is 12.4. The molecule has 0 fully saturated rings. The lowest BCUT2D eigenvalue weighted by molar-refractivity contribution is 0.0934. The topological polar surface area (TPSA) is 73.2 Å². The molecule has 0 aliphatic carbocycles. The zero-order valence-electron chi connectivity index (χ0n) is 14.6. The highest BCUT2D eigenvalue weighted by molar-refractivity contribution is 6.04. The van der Waals surface area contributed by atoms with Gasteiger partial charge in [0.1, 0.15) is 0 Å². The molecule has 0 saturated heterocycles. The monoisotopic (exact) mass is 355 g/mol. The quantitative estimate of drug-likeness (QED) is 0.781. The summed E-state index contributed by atoms with van der Waals surface area (Å²) >= 11 is 0. The molecular weight excluding hydrogens is 337 g/mol. The third-order valence-electron chi connectivity index (χ3n) is 4.20. The fourth-order valence-corrected chi connectivity index (χ4v) is 2.77. The van der Waals surface area contributed by atoms with Gasteiger partial charge in [0.15, 0.2) is 17.3 Å². The van der Waals surface area contributed by atoms with E-state index in [-0.39, 0.29) is 17.0 Å². The number of fused-ring (bicyclic) bond motifs is 1. The molecule has 26 heavy (non-hydrogen) atoms. The van der Waals surface area contributed by atoms with E-state index in [1.54, 1.807) is 37.3 Å². The number of ether oxygens (including phenoxy) is 1. The summed E-state index contributed by atoms with van der Waals surface area (Å²) in [6, 6.07) is 10.8. The van der Waals surface area contributed by atoms with Crippen molar-refractivity contribution in [3.05, 3.63) is 69.9 Å². The highest BCUT2D eigenvalue weighted by Gasteiger charge is 2.18. The van der Waals surface area contributed by atoms with Gasteiger partial charge in [0.25, 0.3) is 11.5 Å². The van der Waals surface area contributed by atoms with Gasteiger partial charge in [-0.25, -0.2) is 9.07 Å². The van der Waals surface area contributed by atoms with Crippen LogP contribution in [0.2, 0.25) is 0 Å². The third-order valence-corrected chi connectivity index (χ3v) is 4.20. The van der Waals surface area contributed by atoms with E-state index in [0.29, 0.717) is 16.3 Å². The Morgan fingerprint density at radius 3 is 2.58 bits per heavy atom. The zero-order chi connectivity index (χ0) is 18.8. The molecular formula is C19H18FN3O3. The number of hydrogen-bond donors (Lipinski definition) is 1. The average molecular weight is 355 g/mol. The van der Waals surface area contributed by atoms with Crippen molar-refractivity contribution < 1.29 is 13.9 Å². The molecule has 1 amide bonds. The van der Waals surface area contributed by atoms with Crippen LogP contribution in [-0.2, 0) is 7.05 Å². The second-order valence-electron chi connectivity index (χ2n) is 5.91. The minimum atomic E-state index is -0.503. The van der Waals surface area contributed by atoms with Crippen molar-refractivity contribution in [1.29, 1.82) is 0 Å². The lowest BCUT2D eigenvalue weighted by Crippen LogP contribution is -2.31. The van der Waals surface area contributed by atoms with Crippen LogP contribution >= 0.6 is 0 Å². The third kappa shape index (κ3) is 3.15. The van der Waals surface area contributed by atoms with Gasteiger partial charge in [-0.05, 0) is 30.7 Å². The van der Waals surface area contributed by atoms with Crippen molar-refractivity contribution in [3.63, 3.8) is 0 Å². The van der Waals surface area contributed by atoms with Crippen LogP contribution in [-0.4, -0.2) is 22.8 Å². The molecule has 0 saturated carbocycles. The van der Waals surface area contributed by atoms with Crippen molar-refractivity contribution in [2.75, 3.05) is 7.11 Å². The summed E-state index contributed by atoms with van der Waals surface area (Å²) in [6.07, 6.45) is 0. The summed E-state index contributed by atoms with van der Waals surface area (Å²) in [7, 11) is 2.88. The van der Waals surface area contributed by atoms with E-state index in [2.05, 4.69) is 10.4 Å². The molecule has 0 bridgehead atoms. The smallest absolute Gasteiger partial charge is 0.274 e. The van der Waals surface area contributed by atoms with E-state index in [1.165, 1.54) is 26.3 Å². The van der Waals surface area contributed by atoms with Gasteiger partial charge < -0.3 is 10.1 Å². The van der Waals surface area contributed by atoms with E-state index in [0.717, 1.165) is 4.68 Å². The maximum Gasteiger partial charge on any atom is 0.274 e. The molecule has 1 heterocycles. The molecule has 0 aliphatic rings. The van der Waals surface area contributed by atoms with Gasteiger partial charge in [0, 0.05) is 12.4 Å². The van der Waals surface area contributed by atoms with Crippen molar-refractivity contribution in [2.45, 2.75) is 13.0 Å². The number of rotatable bonds is 4. The van der Waals surface area contributed by atoms with Crippen molar-refractivity contribution >= 4 is 16.7 Å². The first kappa shape index (κ1) is 17.6. The predicted octanol–water partition coefficient (Wildman–Crippen LogP) is 2.57. The highest BCUT2D eigenvalue weighted by Crippen LogP contribution is 2.22. The van der Waals surface area contributed by atoms with Crippen LogP contribution in [0.1, 0.15) is 29.0 Å². The minimum Gasteiger partial charge on any atom is -0.494 e. The lowest BCUT2D eigenvalue weighted by Gasteiger charge is -2.16. The molecule has 0 unspecified atom stereocenters. The lowest BCUT2D eigenvalue weighted by atomic mass is 10.1. The zero-order valence-corrected chi connectivity index (χ0v) is 14.6. The van der Waals surface area contributed by atoms with Gasteiger partial charge in [0.05, 0.1) is 18.5 Å². The molecule has 2 aromatic carbocycles. The number of halogens is 1. The van der Waals surface area contributed by atoms with E-state index >= 15 is 0 Å². The van der Waals surface area contributed by atoms with Crippen LogP contribution in [0.5, 0.6) is 5.75 Å². The average Bonchev–Trinajstić information content (AvgIpc) is 2.64. The van der Waals surface area contributed by atoms with Crippen molar-refractivity contribution in [2.24, 2.45) is 7.05 Å². The van der Waals surface area contributed by atoms with Gasteiger partial charge in [-0.1, -0.05) is 24.3 Å². The number of carbonyl (C=O) groups is 1.